The Hall–Kier alpha value is -2.27. The summed E-state index contributed by atoms with van der Waals surface area (Å²) in [6, 6.07) is 11.3. The first-order valence-corrected chi connectivity index (χ1v) is 6.57. The zero-order chi connectivity index (χ0) is 15.2. The molecule has 0 saturated heterocycles. The van der Waals surface area contributed by atoms with Gasteiger partial charge < -0.3 is 11.1 Å². The third-order valence-corrected chi connectivity index (χ3v) is 3.10. The molecule has 0 unspecified atom stereocenters. The summed E-state index contributed by atoms with van der Waals surface area (Å²) in [7, 11) is 0. The van der Waals surface area contributed by atoms with E-state index in [9.17, 15) is 13.6 Å². The van der Waals surface area contributed by atoms with Crippen molar-refractivity contribution < 1.29 is 13.6 Å². The van der Waals surface area contributed by atoms with Crippen molar-refractivity contribution in [3.63, 3.8) is 0 Å². The minimum atomic E-state index is -0.974. The van der Waals surface area contributed by atoms with Crippen LogP contribution in [0, 0.1) is 11.6 Å². The van der Waals surface area contributed by atoms with Crippen LogP contribution in [0.2, 0.25) is 0 Å². The lowest BCUT2D eigenvalue weighted by atomic mass is 10.1. The molecule has 1 amide bonds. The number of hydrogen-bond acceptors (Lipinski definition) is 2. The van der Waals surface area contributed by atoms with Crippen LogP contribution in [0.5, 0.6) is 0 Å². The number of carbonyl (C=O) groups excluding carboxylic acids is 1. The summed E-state index contributed by atoms with van der Waals surface area (Å²) < 4.78 is 26.5. The largest absolute Gasteiger partial charge is 0.352 e. The van der Waals surface area contributed by atoms with Gasteiger partial charge in [0.05, 0.1) is 6.42 Å². The molecule has 0 aliphatic heterocycles. The third-order valence-electron chi connectivity index (χ3n) is 3.10. The predicted octanol–water partition coefficient (Wildman–Crippen LogP) is 2.28. The molecule has 0 saturated carbocycles. The highest BCUT2D eigenvalue weighted by Gasteiger charge is 2.11. The highest BCUT2D eigenvalue weighted by Crippen LogP contribution is 2.12. The van der Waals surface area contributed by atoms with Crippen molar-refractivity contribution in [1.29, 1.82) is 0 Å². The average molecular weight is 290 g/mol. The van der Waals surface area contributed by atoms with Gasteiger partial charge in [0.25, 0.3) is 0 Å². The zero-order valence-electron chi connectivity index (χ0n) is 11.4. The second-order valence-electron chi connectivity index (χ2n) is 4.69. The van der Waals surface area contributed by atoms with Crippen LogP contribution in [0.1, 0.15) is 16.7 Å². The molecule has 0 atom stereocenters. The van der Waals surface area contributed by atoms with E-state index in [0.717, 1.165) is 17.2 Å². The molecule has 2 aromatic rings. The molecule has 21 heavy (non-hydrogen) atoms. The van der Waals surface area contributed by atoms with Gasteiger partial charge in [0, 0.05) is 18.7 Å². The molecule has 3 N–H and O–H groups in total. The monoisotopic (exact) mass is 290 g/mol. The molecule has 2 rings (SSSR count). The Labute approximate surface area is 121 Å². The number of halogens is 2. The minimum absolute atomic E-state index is 0.0446. The Morgan fingerprint density at radius 3 is 2.57 bits per heavy atom. The van der Waals surface area contributed by atoms with Crippen molar-refractivity contribution in [2.45, 2.75) is 19.5 Å². The molecule has 0 radical (unpaired) electrons. The van der Waals surface area contributed by atoms with Crippen molar-refractivity contribution in [2.24, 2.45) is 5.73 Å². The van der Waals surface area contributed by atoms with E-state index >= 15 is 0 Å². The minimum Gasteiger partial charge on any atom is -0.352 e. The summed E-state index contributed by atoms with van der Waals surface area (Å²) in [6.45, 7) is 0.750. The van der Waals surface area contributed by atoms with Crippen molar-refractivity contribution in [2.75, 3.05) is 0 Å². The highest BCUT2D eigenvalue weighted by molar-refractivity contribution is 5.78. The lowest BCUT2D eigenvalue weighted by Crippen LogP contribution is -2.25. The van der Waals surface area contributed by atoms with Crippen LogP contribution in [0.25, 0.3) is 0 Å². The van der Waals surface area contributed by atoms with E-state index in [1.54, 1.807) is 0 Å². The van der Waals surface area contributed by atoms with E-state index in [0.29, 0.717) is 13.1 Å². The lowest BCUT2D eigenvalue weighted by Gasteiger charge is -2.07. The maximum Gasteiger partial charge on any atom is 0.224 e. The van der Waals surface area contributed by atoms with Gasteiger partial charge in [-0.25, -0.2) is 8.78 Å². The van der Waals surface area contributed by atoms with Gasteiger partial charge in [0.1, 0.15) is 0 Å². The summed E-state index contributed by atoms with van der Waals surface area (Å²) in [5.41, 5.74) is 7.47. The van der Waals surface area contributed by atoms with Crippen molar-refractivity contribution in [3.8, 4) is 0 Å². The van der Waals surface area contributed by atoms with Gasteiger partial charge in [0.15, 0.2) is 11.6 Å². The first kappa shape index (κ1) is 15.1. The van der Waals surface area contributed by atoms with Crippen LogP contribution in [-0.4, -0.2) is 5.91 Å². The first-order valence-electron chi connectivity index (χ1n) is 6.57. The Balaban J connectivity index is 1.94. The third kappa shape index (κ3) is 4.10. The van der Waals surface area contributed by atoms with Gasteiger partial charge >= 0.3 is 0 Å². The van der Waals surface area contributed by atoms with Crippen molar-refractivity contribution in [1.82, 2.24) is 5.32 Å². The molecular weight excluding hydrogens is 274 g/mol. The second-order valence-corrected chi connectivity index (χ2v) is 4.69. The van der Waals surface area contributed by atoms with E-state index in [1.165, 1.54) is 12.1 Å². The molecule has 0 fully saturated rings. The van der Waals surface area contributed by atoms with Crippen LogP contribution in [0.4, 0.5) is 8.78 Å². The topological polar surface area (TPSA) is 55.1 Å². The summed E-state index contributed by atoms with van der Waals surface area (Å²) in [6.07, 6.45) is -0.194. The maximum atomic E-state index is 13.5. The van der Waals surface area contributed by atoms with Crippen LogP contribution >= 0.6 is 0 Å². The number of hydrogen-bond donors (Lipinski definition) is 2. The number of carbonyl (C=O) groups is 1. The standard InChI is InChI=1S/C16H16F2N2O/c17-14-6-2-5-13(16(14)18)8-15(21)20-10-12-4-1-3-11(7-12)9-19/h1-7H,8-10,19H2,(H,20,21). The fraction of sp³-hybridized carbons (Fsp3) is 0.188. The van der Waals surface area contributed by atoms with Gasteiger partial charge in [0.2, 0.25) is 5.91 Å². The van der Waals surface area contributed by atoms with Crippen LogP contribution in [0.3, 0.4) is 0 Å². The molecule has 0 bridgehead atoms. The van der Waals surface area contributed by atoms with Crippen LogP contribution < -0.4 is 11.1 Å². The van der Waals surface area contributed by atoms with E-state index in [1.807, 2.05) is 24.3 Å². The van der Waals surface area contributed by atoms with E-state index in [4.69, 9.17) is 5.73 Å². The fourth-order valence-corrected chi connectivity index (χ4v) is 1.99. The molecule has 3 nitrogen and oxygen atoms in total. The quantitative estimate of drug-likeness (QED) is 0.887. The first-order chi connectivity index (χ1) is 10.1. The summed E-state index contributed by atoms with van der Waals surface area (Å²) in [5.74, 6) is -2.29. The van der Waals surface area contributed by atoms with Crippen LogP contribution in [0.15, 0.2) is 42.5 Å². The predicted molar refractivity (Wildman–Crippen MR) is 76.2 cm³/mol. The molecular formula is C16H16F2N2O. The van der Waals surface area contributed by atoms with Gasteiger partial charge in [-0.3, -0.25) is 4.79 Å². The van der Waals surface area contributed by atoms with Crippen molar-refractivity contribution >= 4 is 5.91 Å². The average Bonchev–Trinajstić information content (AvgIpc) is 2.50. The molecule has 0 aliphatic carbocycles. The second kappa shape index (κ2) is 6.95. The molecule has 0 aliphatic rings. The number of nitrogens with two attached hydrogens (primary N) is 1. The summed E-state index contributed by atoms with van der Waals surface area (Å²) in [5, 5.41) is 2.68. The SMILES string of the molecule is NCc1cccc(CNC(=O)Cc2cccc(F)c2F)c1. The molecule has 0 heterocycles. The van der Waals surface area contributed by atoms with Gasteiger partial charge in [-0.05, 0) is 17.2 Å². The maximum absolute atomic E-state index is 13.5. The summed E-state index contributed by atoms with van der Waals surface area (Å²) in [4.78, 5) is 11.8. The summed E-state index contributed by atoms with van der Waals surface area (Å²) >= 11 is 0. The van der Waals surface area contributed by atoms with E-state index in [2.05, 4.69) is 5.32 Å². The van der Waals surface area contributed by atoms with Crippen molar-refractivity contribution in [3.05, 3.63) is 70.8 Å². The number of nitrogens with one attached hydrogen (secondary N) is 1. The Kier molecular flexibility index (Phi) is 5.00. The lowest BCUT2D eigenvalue weighted by molar-refractivity contribution is -0.120. The molecule has 110 valence electrons. The Morgan fingerprint density at radius 1 is 1.10 bits per heavy atom. The number of amides is 1. The zero-order valence-corrected chi connectivity index (χ0v) is 11.4. The number of benzene rings is 2. The Morgan fingerprint density at radius 2 is 1.81 bits per heavy atom. The van der Waals surface area contributed by atoms with E-state index < -0.39 is 11.6 Å². The molecule has 5 heteroatoms. The molecule has 0 aromatic heterocycles. The number of rotatable bonds is 5. The van der Waals surface area contributed by atoms with Crippen LogP contribution in [-0.2, 0) is 24.3 Å². The fourth-order valence-electron chi connectivity index (χ4n) is 1.99. The van der Waals surface area contributed by atoms with Gasteiger partial charge in [-0.1, -0.05) is 36.4 Å². The smallest absolute Gasteiger partial charge is 0.224 e. The van der Waals surface area contributed by atoms with Gasteiger partial charge in [-0.15, -0.1) is 0 Å². The Bertz CT molecular complexity index is 644. The highest BCUT2D eigenvalue weighted by atomic mass is 19.2. The normalized spacial score (nSPS) is 10.4. The molecule has 2 aromatic carbocycles. The van der Waals surface area contributed by atoms with Gasteiger partial charge in [-0.2, -0.15) is 0 Å². The molecule has 0 spiro atoms. The van der Waals surface area contributed by atoms with E-state index in [-0.39, 0.29) is 17.9 Å².